The Labute approximate surface area is 140 Å². The van der Waals surface area contributed by atoms with Gasteiger partial charge in [-0.25, -0.2) is 4.79 Å². The van der Waals surface area contributed by atoms with Crippen molar-refractivity contribution in [2.24, 2.45) is 0 Å². The molecule has 0 saturated carbocycles. The standard InChI is InChI=1S/C17H19Cl2NO2/c18-15-4-3-12(9-16(15)19)13-6-11(7-17(21)22)10-20-5-1-2-14(20)8-13/h3-4,7,9,13-14H,1-2,5-6,8,10H2,(H,21,22). The molecule has 1 aromatic carbocycles. The van der Waals surface area contributed by atoms with Gasteiger partial charge in [0.05, 0.1) is 10.0 Å². The third kappa shape index (κ3) is 3.48. The number of rotatable bonds is 2. The Morgan fingerprint density at radius 2 is 2.14 bits per heavy atom. The number of carbonyl (C=O) groups is 1. The van der Waals surface area contributed by atoms with Crippen LogP contribution in [-0.4, -0.2) is 35.1 Å². The van der Waals surface area contributed by atoms with Crippen LogP contribution in [0.3, 0.4) is 0 Å². The maximum Gasteiger partial charge on any atom is 0.328 e. The molecule has 0 aliphatic carbocycles. The van der Waals surface area contributed by atoms with Gasteiger partial charge < -0.3 is 5.11 Å². The van der Waals surface area contributed by atoms with E-state index in [2.05, 4.69) is 4.90 Å². The van der Waals surface area contributed by atoms with Crippen molar-refractivity contribution < 1.29 is 9.90 Å². The highest BCUT2D eigenvalue weighted by atomic mass is 35.5. The SMILES string of the molecule is O=C(O)C=C1CC(c2ccc(Cl)c(Cl)c2)CC2CCCN2C1. The molecule has 1 N–H and O–H groups in total. The smallest absolute Gasteiger partial charge is 0.328 e. The zero-order valence-corrected chi connectivity index (χ0v) is 13.8. The van der Waals surface area contributed by atoms with Gasteiger partial charge in [0.2, 0.25) is 0 Å². The summed E-state index contributed by atoms with van der Waals surface area (Å²) in [4.78, 5) is 13.5. The van der Waals surface area contributed by atoms with E-state index in [1.54, 1.807) is 0 Å². The van der Waals surface area contributed by atoms with Crippen molar-refractivity contribution in [3.8, 4) is 0 Å². The molecular formula is C17H19Cl2NO2. The minimum atomic E-state index is -0.861. The van der Waals surface area contributed by atoms with Crippen molar-refractivity contribution in [3.05, 3.63) is 45.5 Å². The summed E-state index contributed by atoms with van der Waals surface area (Å²) in [6, 6.07) is 6.32. The lowest BCUT2D eigenvalue weighted by molar-refractivity contribution is -0.131. The fourth-order valence-electron chi connectivity index (χ4n) is 3.72. The lowest BCUT2D eigenvalue weighted by Gasteiger charge is -2.23. The third-order valence-corrected chi connectivity index (χ3v) is 5.45. The molecule has 2 fully saturated rings. The van der Waals surface area contributed by atoms with Crippen LogP contribution in [-0.2, 0) is 4.79 Å². The number of carboxylic acids is 1. The molecule has 3 rings (SSSR count). The number of fused-ring (bicyclic) bond motifs is 1. The van der Waals surface area contributed by atoms with E-state index in [4.69, 9.17) is 28.3 Å². The van der Waals surface area contributed by atoms with Crippen LogP contribution in [0.25, 0.3) is 0 Å². The largest absolute Gasteiger partial charge is 0.478 e. The van der Waals surface area contributed by atoms with E-state index in [9.17, 15) is 4.79 Å². The minimum absolute atomic E-state index is 0.300. The van der Waals surface area contributed by atoms with Crippen molar-refractivity contribution in [2.45, 2.75) is 37.6 Å². The number of halogens is 2. The molecule has 2 atom stereocenters. The molecule has 3 nitrogen and oxygen atoms in total. The third-order valence-electron chi connectivity index (χ3n) is 4.71. The molecule has 2 aliphatic rings. The zero-order chi connectivity index (χ0) is 15.7. The van der Waals surface area contributed by atoms with Crippen LogP contribution in [0.1, 0.15) is 37.2 Å². The first-order valence-electron chi connectivity index (χ1n) is 7.64. The molecule has 2 heterocycles. The average Bonchev–Trinajstić information content (AvgIpc) is 2.80. The molecule has 2 aliphatic heterocycles. The first kappa shape index (κ1) is 15.9. The number of benzene rings is 1. The van der Waals surface area contributed by atoms with Gasteiger partial charge in [0.15, 0.2) is 0 Å². The molecule has 22 heavy (non-hydrogen) atoms. The van der Waals surface area contributed by atoms with Gasteiger partial charge >= 0.3 is 5.97 Å². The number of hydrogen-bond donors (Lipinski definition) is 1. The molecule has 1 aromatic rings. The second-order valence-electron chi connectivity index (χ2n) is 6.22. The molecule has 118 valence electrons. The maximum atomic E-state index is 11.1. The molecular weight excluding hydrogens is 321 g/mol. The van der Waals surface area contributed by atoms with E-state index in [0.29, 0.717) is 22.0 Å². The molecule has 2 unspecified atom stereocenters. The maximum absolute atomic E-state index is 11.1. The van der Waals surface area contributed by atoms with E-state index in [1.165, 1.54) is 18.9 Å². The first-order valence-corrected chi connectivity index (χ1v) is 8.40. The van der Waals surface area contributed by atoms with Crippen LogP contribution >= 0.6 is 23.2 Å². The highest BCUT2D eigenvalue weighted by molar-refractivity contribution is 6.42. The van der Waals surface area contributed by atoms with E-state index in [-0.39, 0.29) is 0 Å². The molecule has 0 aromatic heterocycles. The summed E-state index contributed by atoms with van der Waals surface area (Å²) in [7, 11) is 0. The van der Waals surface area contributed by atoms with E-state index in [1.807, 2.05) is 18.2 Å². The van der Waals surface area contributed by atoms with Crippen LogP contribution in [0.15, 0.2) is 29.8 Å². The zero-order valence-electron chi connectivity index (χ0n) is 12.3. The van der Waals surface area contributed by atoms with Crippen molar-refractivity contribution in [3.63, 3.8) is 0 Å². The van der Waals surface area contributed by atoms with Crippen LogP contribution in [0, 0.1) is 0 Å². The summed E-state index contributed by atoms with van der Waals surface area (Å²) < 4.78 is 0. The van der Waals surface area contributed by atoms with Crippen LogP contribution in [0.4, 0.5) is 0 Å². The fourth-order valence-corrected chi connectivity index (χ4v) is 4.03. The Balaban J connectivity index is 1.91. The Morgan fingerprint density at radius 1 is 1.32 bits per heavy atom. The second-order valence-corrected chi connectivity index (χ2v) is 7.03. The van der Waals surface area contributed by atoms with Gasteiger partial charge in [0, 0.05) is 18.7 Å². The quantitative estimate of drug-likeness (QED) is 0.814. The monoisotopic (exact) mass is 339 g/mol. The average molecular weight is 340 g/mol. The topological polar surface area (TPSA) is 40.5 Å². The molecule has 2 saturated heterocycles. The summed E-state index contributed by atoms with van der Waals surface area (Å²) in [5.74, 6) is -0.561. The molecule has 0 radical (unpaired) electrons. The van der Waals surface area contributed by atoms with E-state index >= 15 is 0 Å². The summed E-state index contributed by atoms with van der Waals surface area (Å²) in [5, 5.41) is 10.2. The second kappa shape index (κ2) is 6.61. The van der Waals surface area contributed by atoms with E-state index < -0.39 is 5.97 Å². The highest BCUT2D eigenvalue weighted by Crippen LogP contribution is 2.38. The van der Waals surface area contributed by atoms with Crippen molar-refractivity contribution in [2.75, 3.05) is 13.1 Å². The van der Waals surface area contributed by atoms with Gasteiger partial charge in [-0.05, 0) is 61.4 Å². The fraction of sp³-hybridized carbons (Fsp3) is 0.471. The number of aliphatic carboxylic acids is 1. The highest BCUT2D eigenvalue weighted by Gasteiger charge is 2.32. The van der Waals surface area contributed by atoms with Gasteiger partial charge in [-0.15, -0.1) is 0 Å². The minimum Gasteiger partial charge on any atom is -0.478 e. The number of hydrogen-bond acceptors (Lipinski definition) is 2. The molecule has 0 spiro atoms. The van der Waals surface area contributed by atoms with Crippen molar-refractivity contribution >= 4 is 29.2 Å². The number of nitrogens with zero attached hydrogens (tertiary/aromatic N) is 1. The number of carboxylic acid groups (broad SMARTS) is 1. The summed E-state index contributed by atoms with van der Waals surface area (Å²) in [5.41, 5.74) is 2.15. The van der Waals surface area contributed by atoms with Gasteiger partial charge in [0.1, 0.15) is 0 Å². The summed E-state index contributed by atoms with van der Waals surface area (Å²) in [6.07, 6.45) is 5.59. The van der Waals surface area contributed by atoms with Crippen molar-refractivity contribution in [1.82, 2.24) is 4.90 Å². The van der Waals surface area contributed by atoms with Gasteiger partial charge in [-0.1, -0.05) is 29.3 Å². The van der Waals surface area contributed by atoms with Gasteiger partial charge in [-0.2, -0.15) is 0 Å². The Kier molecular flexibility index (Phi) is 4.76. The molecule has 0 bridgehead atoms. The first-order chi connectivity index (χ1) is 10.5. The van der Waals surface area contributed by atoms with Crippen LogP contribution in [0.5, 0.6) is 0 Å². The molecule has 0 amide bonds. The normalized spacial score (nSPS) is 27.6. The summed E-state index contributed by atoms with van der Waals surface area (Å²) in [6.45, 7) is 1.84. The predicted molar refractivity (Wildman–Crippen MR) is 88.8 cm³/mol. The van der Waals surface area contributed by atoms with Crippen LogP contribution < -0.4 is 0 Å². The molecule has 5 heteroatoms. The Hall–Kier alpha value is -1.03. The van der Waals surface area contributed by atoms with Crippen molar-refractivity contribution in [1.29, 1.82) is 0 Å². The summed E-state index contributed by atoms with van der Waals surface area (Å²) >= 11 is 12.2. The lowest BCUT2D eigenvalue weighted by atomic mass is 9.87. The van der Waals surface area contributed by atoms with E-state index in [0.717, 1.165) is 37.1 Å². The predicted octanol–water partition coefficient (Wildman–Crippen LogP) is 4.35. The Morgan fingerprint density at radius 3 is 2.86 bits per heavy atom. The lowest BCUT2D eigenvalue weighted by Crippen LogP contribution is -2.29. The van der Waals surface area contributed by atoms with Gasteiger partial charge in [0.25, 0.3) is 0 Å². The Bertz CT molecular complexity index is 615. The van der Waals surface area contributed by atoms with Gasteiger partial charge in [-0.3, -0.25) is 4.90 Å². The van der Waals surface area contributed by atoms with Crippen LogP contribution in [0.2, 0.25) is 10.0 Å².